The summed E-state index contributed by atoms with van der Waals surface area (Å²) in [4.78, 5) is 18.4. The van der Waals surface area contributed by atoms with E-state index in [1.54, 1.807) is 23.4 Å². The highest BCUT2D eigenvalue weighted by Crippen LogP contribution is 2.14. The van der Waals surface area contributed by atoms with Crippen LogP contribution < -0.4 is 5.32 Å². The maximum atomic E-state index is 12.3. The van der Waals surface area contributed by atoms with E-state index in [1.807, 2.05) is 18.2 Å². The Hall–Kier alpha value is -1.95. The number of hydrogen-bond acceptors (Lipinski definition) is 4. The minimum Gasteiger partial charge on any atom is -0.318 e. The fraction of sp³-hybridized carbons (Fsp3) is 0.357. The predicted molar refractivity (Wildman–Crippen MR) is 80.6 cm³/mol. The first kappa shape index (κ1) is 14.5. The van der Waals surface area contributed by atoms with Gasteiger partial charge in [-0.15, -0.1) is 0 Å². The van der Waals surface area contributed by atoms with Gasteiger partial charge in [0.1, 0.15) is 5.00 Å². The van der Waals surface area contributed by atoms with E-state index in [9.17, 15) is 4.79 Å². The number of aromatic nitrogens is 2. The molecule has 0 aliphatic heterocycles. The Kier molecular flexibility index (Phi) is 5.06. The van der Waals surface area contributed by atoms with Gasteiger partial charge in [-0.1, -0.05) is 19.9 Å². The van der Waals surface area contributed by atoms with Gasteiger partial charge in [0.15, 0.2) is 0 Å². The lowest BCUT2D eigenvalue weighted by Gasteiger charge is -2.24. The van der Waals surface area contributed by atoms with E-state index in [0.29, 0.717) is 19.0 Å². The maximum absolute atomic E-state index is 12.3. The highest BCUT2D eigenvalue weighted by Gasteiger charge is 2.16. The monoisotopic (exact) mass is 290 g/mol. The van der Waals surface area contributed by atoms with Crippen LogP contribution in [-0.2, 0) is 6.54 Å². The number of urea groups is 1. The third-order valence-electron chi connectivity index (χ3n) is 2.62. The first-order valence-corrected chi connectivity index (χ1v) is 7.29. The molecule has 2 amide bonds. The topological polar surface area (TPSA) is 58.1 Å². The fourth-order valence-corrected chi connectivity index (χ4v) is 2.30. The van der Waals surface area contributed by atoms with Crippen molar-refractivity contribution in [3.63, 3.8) is 0 Å². The van der Waals surface area contributed by atoms with Crippen molar-refractivity contribution in [3.05, 3.63) is 42.4 Å². The summed E-state index contributed by atoms with van der Waals surface area (Å²) in [6.07, 6.45) is 3.41. The van der Waals surface area contributed by atoms with E-state index in [1.165, 1.54) is 11.5 Å². The van der Waals surface area contributed by atoms with E-state index < -0.39 is 0 Å². The molecule has 106 valence electrons. The van der Waals surface area contributed by atoms with Crippen LogP contribution in [0.25, 0.3) is 0 Å². The molecule has 0 fully saturated rings. The van der Waals surface area contributed by atoms with Crippen molar-refractivity contribution in [2.75, 3.05) is 11.9 Å². The lowest BCUT2D eigenvalue weighted by molar-refractivity contribution is 0.201. The molecular formula is C14H18N4OS. The Morgan fingerprint density at radius 1 is 1.35 bits per heavy atom. The van der Waals surface area contributed by atoms with Crippen LogP contribution in [0.4, 0.5) is 9.80 Å². The summed E-state index contributed by atoms with van der Waals surface area (Å²) in [7, 11) is 0. The van der Waals surface area contributed by atoms with Crippen LogP contribution in [0.3, 0.4) is 0 Å². The molecule has 0 aliphatic carbocycles. The van der Waals surface area contributed by atoms with Crippen molar-refractivity contribution in [3.8, 4) is 0 Å². The molecule has 0 aliphatic rings. The average Bonchev–Trinajstić information content (AvgIpc) is 2.91. The Morgan fingerprint density at radius 2 is 2.20 bits per heavy atom. The first-order chi connectivity index (χ1) is 9.65. The van der Waals surface area contributed by atoms with Crippen molar-refractivity contribution in [1.82, 2.24) is 14.3 Å². The Balaban J connectivity index is 2.04. The molecule has 0 saturated heterocycles. The molecule has 0 radical (unpaired) electrons. The van der Waals surface area contributed by atoms with E-state index in [0.717, 1.165) is 10.7 Å². The average molecular weight is 290 g/mol. The molecule has 2 aromatic heterocycles. The van der Waals surface area contributed by atoms with Gasteiger partial charge in [-0.2, -0.15) is 4.37 Å². The van der Waals surface area contributed by atoms with Gasteiger partial charge in [0.2, 0.25) is 0 Å². The second kappa shape index (κ2) is 7.00. The normalized spacial score (nSPS) is 10.6. The Morgan fingerprint density at radius 3 is 2.80 bits per heavy atom. The third kappa shape index (κ3) is 4.31. The lowest BCUT2D eigenvalue weighted by atomic mass is 10.2. The van der Waals surface area contributed by atoms with Crippen molar-refractivity contribution in [1.29, 1.82) is 0 Å². The van der Waals surface area contributed by atoms with E-state index in [-0.39, 0.29) is 6.03 Å². The van der Waals surface area contributed by atoms with Crippen LogP contribution in [0.2, 0.25) is 0 Å². The number of rotatable bonds is 5. The van der Waals surface area contributed by atoms with Crippen LogP contribution in [0.15, 0.2) is 36.7 Å². The van der Waals surface area contributed by atoms with Crippen molar-refractivity contribution < 1.29 is 4.79 Å². The van der Waals surface area contributed by atoms with E-state index >= 15 is 0 Å². The number of carbonyl (C=O) groups is 1. The van der Waals surface area contributed by atoms with Gasteiger partial charge < -0.3 is 4.90 Å². The number of nitrogens with one attached hydrogen (secondary N) is 1. The third-order valence-corrected chi connectivity index (χ3v) is 3.28. The van der Waals surface area contributed by atoms with Crippen molar-refractivity contribution >= 4 is 22.6 Å². The molecule has 2 heterocycles. The van der Waals surface area contributed by atoms with Gasteiger partial charge >= 0.3 is 6.03 Å². The molecular weight excluding hydrogens is 272 g/mol. The molecule has 1 N–H and O–H groups in total. The molecule has 0 saturated carbocycles. The Labute approximate surface area is 122 Å². The van der Waals surface area contributed by atoms with Crippen molar-refractivity contribution in [2.24, 2.45) is 5.92 Å². The summed E-state index contributed by atoms with van der Waals surface area (Å²) in [5.74, 6) is 0.394. The van der Waals surface area contributed by atoms with Crippen LogP contribution in [-0.4, -0.2) is 26.8 Å². The Bertz CT molecular complexity index is 527. The molecule has 0 spiro atoms. The maximum Gasteiger partial charge on any atom is 0.322 e. The molecule has 6 heteroatoms. The van der Waals surface area contributed by atoms with E-state index in [2.05, 4.69) is 28.5 Å². The molecule has 0 aromatic carbocycles. The molecule has 5 nitrogen and oxygen atoms in total. The number of anilines is 1. The zero-order valence-corrected chi connectivity index (χ0v) is 12.4. The van der Waals surface area contributed by atoms with E-state index in [4.69, 9.17) is 0 Å². The highest BCUT2D eigenvalue weighted by molar-refractivity contribution is 7.10. The lowest BCUT2D eigenvalue weighted by Crippen LogP contribution is -2.37. The summed E-state index contributed by atoms with van der Waals surface area (Å²) in [6.45, 7) is 5.36. The number of hydrogen-bond donors (Lipinski definition) is 1. The second-order valence-electron chi connectivity index (χ2n) is 4.90. The van der Waals surface area contributed by atoms with Gasteiger partial charge in [-0.25, -0.2) is 4.79 Å². The van der Waals surface area contributed by atoms with Gasteiger partial charge in [0, 0.05) is 18.9 Å². The first-order valence-electron chi connectivity index (χ1n) is 6.51. The second-order valence-corrected chi connectivity index (χ2v) is 5.74. The van der Waals surface area contributed by atoms with Gasteiger partial charge in [0.25, 0.3) is 0 Å². The van der Waals surface area contributed by atoms with Gasteiger partial charge in [0.05, 0.1) is 12.2 Å². The summed E-state index contributed by atoms with van der Waals surface area (Å²) < 4.78 is 3.98. The quantitative estimate of drug-likeness (QED) is 0.919. The molecule has 2 aromatic rings. The van der Waals surface area contributed by atoms with Crippen LogP contribution in [0.5, 0.6) is 0 Å². The minimum absolute atomic E-state index is 0.117. The zero-order chi connectivity index (χ0) is 14.4. The molecule has 0 unspecified atom stereocenters. The van der Waals surface area contributed by atoms with Crippen LogP contribution in [0, 0.1) is 5.92 Å². The van der Waals surface area contributed by atoms with Gasteiger partial charge in [-0.05, 0) is 35.6 Å². The summed E-state index contributed by atoms with van der Waals surface area (Å²) in [5, 5.41) is 3.62. The standard InChI is InChI=1S/C14H18N4OS/c1-11(2)9-18(10-12-5-3-4-7-15-12)14(19)17-13-6-8-16-20-13/h3-8,11H,9-10H2,1-2H3,(H,17,19). The zero-order valence-electron chi connectivity index (χ0n) is 11.6. The number of carbonyl (C=O) groups excluding carboxylic acids is 1. The fourth-order valence-electron chi connectivity index (χ4n) is 1.81. The molecule has 0 bridgehead atoms. The summed E-state index contributed by atoms with van der Waals surface area (Å²) >= 11 is 1.27. The SMILES string of the molecule is CC(C)CN(Cc1ccccn1)C(=O)Nc1ccns1. The van der Waals surface area contributed by atoms with Crippen molar-refractivity contribution in [2.45, 2.75) is 20.4 Å². The van der Waals surface area contributed by atoms with Crippen LogP contribution >= 0.6 is 11.5 Å². The van der Waals surface area contributed by atoms with Crippen LogP contribution in [0.1, 0.15) is 19.5 Å². The number of amides is 2. The largest absolute Gasteiger partial charge is 0.322 e. The molecule has 0 atom stereocenters. The molecule has 2 rings (SSSR count). The number of nitrogens with zero attached hydrogens (tertiary/aromatic N) is 3. The summed E-state index contributed by atoms with van der Waals surface area (Å²) in [6, 6.07) is 7.39. The minimum atomic E-state index is -0.117. The summed E-state index contributed by atoms with van der Waals surface area (Å²) in [5.41, 5.74) is 0.882. The smallest absolute Gasteiger partial charge is 0.318 e. The van der Waals surface area contributed by atoms with Gasteiger partial charge in [-0.3, -0.25) is 10.3 Å². The predicted octanol–water partition coefficient (Wildman–Crippen LogP) is 3.23. The molecule has 20 heavy (non-hydrogen) atoms. The number of pyridine rings is 1. The highest BCUT2D eigenvalue weighted by atomic mass is 32.1.